The first-order valence-corrected chi connectivity index (χ1v) is 6.14. The van der Waals surface area contributed by atoms with Crippen LogP contribution in [0.3, 0.4) is 0 Å². The van der Waals surface area contributed by atoms with E-state index in [9.17, 15) is 4.79 Å². The average Bonchev–Trinajstić information content (AvgIpc) is 2.61. The largest absolute Gasteiger partial charge is 0.356 e. The van der Waals surface area contributed by atoms with Crippen molar-refractivity contribution >= 4 is 5.91 Å². The van der Waals surface area contributed by atoms with Crippen molar-refractivity contribution in [3.8, 4) is 0 Å². The smallest absolute Gasteiger partial charge is 0.221 e. The molecule has 0 aromatic carbocycles. The van der Waals surface area contributed by atoms with E-state index in [1.165, 1.54) is 19.3 Å². The molecule has 3 atom stereocenters. The second kappa shape index (κ2) is 6.11. The van der Waals surface area contributed by atoms with Crippen molar-refractivity contribution in [3.63, 3.8) is 0 Å². The molecule has 1 aliphatic rings. The summed E-state index contributed by atoms with van der Waals surface area (Å²) < 4.78 is 0. The van der Waals surface area contributed by atoms with Gasteiger partial charge in [-0.1, -0.05) is 20.3 Å². The molecule has 1 amide bonds. The summed E-state index contributed by atoms with van der Waals surface area (Å²) >= 11 is 0. The molecule has 1 saturated carbocycles. The van der Waals surface area contributed by atoms with Crippen LogP contribution in [0, 0.1) is 11.8 Å². The van der Waals surface area contributed by atoms with Crippen LogP contribution in [0.4, 0.5) is 0 Å². The molecule has 1 aliphatic carbocycles. The predicted octanol–water partition coefficient (Wildman–Crippen LogP) is 1.67. The van der Waals surface area contributed by atoms with Gasteiger partial charge in [0.05, 0.1) is 0 Å². The molecule has 0 aromatic rings. The Morgan fingerprint density at radius 2 is 2.27 bits per heavy atom. The van der Waals surface area contributed by atoms with E-state index in [1.54, 1.807) is 0 Å². The molecule has 0 aromatic heterocycles. The second-order valence-corrected chi connectivity index (χ2v) is 4.96. The summed E-state index contributed by atoms with van der Waals surface area (Å²) in [6.45, 7) is 5.14. The van der Waals surface area contributed by atoms with Gasteiger partial charge in [-0.2, -0.15) is 0 Å². The first-order chi connectivity index (χ1) is 7.11. The van der Waals surface area contributed by atoms with Crippen LogP contribution in [0.25, 0.3) is 0 Å². The molecule has 3 N–H and O–H groups in total. The van der Waals surface area contributed by atoms with Crippen LogP contribution in [-0.2, 0) is 4.79 Å². The Kier molecular flexibility index (Phi) is 5.09. The molecule has 3 unspecified atom stereocenters. The lowest BCUT2D eigenvalue weighted by molar-refractivity contribution is -0.121. The van der Waals surface area contributed by atoms with Gasteiger partial charge in [0.2, 0.25) is 5.91 Å². The van der Waals surface area contributed by atoms with Crippen molar-refractivity contribution in [3.05, 3.63) is 0 Å². The van der Waals surface area contributed by atoms with Gasteiger partial charge >= 0.3 is 0 Å². The van der Waals surface area contributed by atoms with Gasteiger partial charge in [-0.3, -0.25) is 4.79 Å². The first-order valence-electron chi connectivity index (χ1n) is 6.14. The number of nitrogens with one attached hydrogen (secondary N) is 1. The zero-order chi connectivity index (χ0) is 11.3. The number of hydrogen-bond acceptors (Lipinski definition) is 2. The minimum atomic E-state index is 0.0208. The van der Waals surface area contributed by atoms with Gasteiger partial charge in [0.1, 0.15) is 0 Å². The molecule has 0 radical (unpaired) electrons. The maximum Gasteiger partial charge on any atom is 0.221 e. The summed E-state index contributed by atoms with van der Waals surface area (Å²) in [5.41, 5.74) is 5.72. The van der Waals surface area contributed by atoms with Gasteiger partial charge in [-0.05, 0) is 31.1 Å². The Balaban J connectivity index is 2.11. The minimum Gasteiger partial charge on any atom is -0.356 e. The number of rotatable bonds is 5. The fourth-order valence-corrected chi connectivity index (χ4v) is 2.22. The molecule has 0 spiro atoms. The van der Waals surface area contributed by atoms with Gasteiger partial charge < -0.3 is 11.1 Å². The van der Waals surface area contributed by atoms with Crippen molar-refractivity contribution in [2.45, 2.75) is 52.0 Å². The number of carbonyl (C=O) groups excluding carboxylic acids is 1. The topological polar surface area (TPSA) is 55.1 Å². The second-order valence-electron chi connectivity index (χ2n) is 4.96. The molecule has 88 valence electrons. The molecule has 0 bridgehead atoms. The van der Waals surface area contributed by atoms with Crippen LogP contribution >= 0.6 is 0 Å². The highest BCUT2D eigenvalue weighted by Gasteiger charge is 2.21. The molecule has 1 fully saturated rings. The fraction of sp³-hybridized carbons (Fsp3) is 0.917. The Labute approximate surface area is 92.8 Å². The summed E-state index contributed by atoms with van der Waals surface area (Å²) in [4.78, 5) is 11.5. The van der Waals surface area contributed by atoms with Gasteiger partial charge in [-0.15, -0.1) is 0 Å². The summed E-state index contributed by atoms with van der Waals surface area (Å²) in [7, 11) is 0. The third-order valence-corrected chi connectivity index (χ3v) is 3.36. The van der Waals surface area contributed by atoms with Crippen molar-refractivity contribution in [2.75, 3.05) is 6.54 Å². The Morgan fingerprint density at radius 1 is 1.53 bits per heavy atom. The number of amides is 1. The van der Waals surface area contributed by atoms with E-state index >= 15 is 0 Å². The van der Waals surface area contributed by atoms with Crippen LogP contribution < -0.4 is 11.1 Å². The molecular weight excluding hydrogens is 188 g/mol. The highest BCUT2D eigenvalue weighted by atomic mass is 16.1. The fourth-order valence-electron chi connectivity index (χ4n) is 2.22. The Morgan fingerprint density at radius 3 is 2.80 bits per heavy atom. The van der Waals surface area contributed by atoms with Gasteiger partial charge in [-0.25, -0.2) is 0 Å². The van der Waals surface area contributed by atoms with Crippen molar-refractivity contribution in [2.24, 2.45) is 17.6 Å². The molecule has 0 saturated heterocycles. The van der Waals surface area contributed by atoms with Gasteiger partial charge in [0.15, 0.2) is 0 Å². The maximum absolute atomic E-state index is 11.5. The minimum absolute atomic E-state index is 0.0208. The summed E-state index contributed by atoms with van der Waals surface area (Å²) in [5, 5.41) is 2.99. The van der Waals surface area contributed by atoms with Crippen LogP contribution in [0.15, 0.2) is 0 Å². The van der Waals surface area contributed by atoms with Crippen molar-refractivity contribution < 1.29 is 4.79 Å². The maximum atomic E-state index is 11.5. The Hall–Kier alpha value is -0.570. The van der Waals surface area contributed by atoms with E-state index in [-0.39, 0.29) is 11.9 Å². The van der Waals surface area contributed by atoms with Crippen LogP contribution in [0.5, 0.6) is 0 Å². The summed E-state index contributed by atoms with van der Waals surface area (Å²) in [6.07, 6.45) is 5.18. The molecule has 3 nitrogen and oxygen atoms in total. The number of hydrogen-bond donors (Lipinski definition) is 2. The predicted molar refractivity (Wildman–Crippen MR) is 62.4 cm³/mol. The van der Waals surface area contributed by atoms with Crippen LogP contribution in [0.1, 0.15) is 46.0 Å². The number of carbonyl (C=O) groups is 1. The zero-order valence-electron chi connectivity index (χ0n) is 9.96. The third-order valence-electron chi connectivity index (χ3n) is 3.36. The quantitative estimate of drug-likeness (QED) is 0.728. The highest BCUT2D eigenvalue weighted by molar-refractivity contribution is 5.76. The van der Waals surface area contributed by atoms with Gasteiger partial charge in [0, 0.05) is 19.0 Å². The van der Waals surface area contributed by atoms with E-state index in [2.05, 4.69) is 12.2 Å². The van der Waals surface area contributed by atoms with E-state index < -0.39 is 0 Å². The average molecular weight is 212 g/mol. The molecule has 3 heteroatoms. The molecular formula is C12H24N2O. The zero-order valence-corrected chi connectivity index (χ0v) is 9.96. The molecule has 1 rings (SSSR count). The van der Waals surface area contributed by atoms with E-state index in [4.69, 9.17) is 5.73 Å². The van der Waals surface area contributed by atoms with E-state index in [0.717, 1.165) is 18.9 Å². The first kappa shape index (κ1) is 12.5. The molecule has 15 heavy (non-hydrogen) atoms. The van der Waals surface area contributed by atoms with Crippen molar-refractivity contribution in [1.82, 2.24) is 5.32 Å². The number of nitrogens with two attached hydrogens (primary N) is 1. The molecule has 0 heterocycles. The standard InChI is InChI=1S/C12H24N2O/c1-3-11(13)7-12(15)14-8-10-5-4-9(2)6-10/h9-11H,3-8,13H2,1-2H3,(H,14,15). The van der Waals surface area contributed by atoms with Crippen molar-refractivity contribution in [1.29, 1.82) is 0 Å². The summed E-state index contributed by atoms with van der Waals surface area (Å²) in [6, 6.07) is 0.0208. The lowest BCUT2D eigenvalue weighted by atomic mass is 10.1. The lowest BCUT2D eigenvalue weighted by Crippen LogP contribution is -2.33. The van der Waals surface area contributed by atoms with Crippen LogP contribution in [0.2, 0.25) is 0 Å². The van der Waals surface area contributed by atoms with Gasteiger partial charge in [0.25, 0.3) is 0 Å². The lowest BCUT2D eigenvalue weighted by Gasteiger charge is -2.13. The highest BCUT2D eigenvalue weighted by Crippen LogP contribution is 2.29. The molecule has 0 aliphatic heterocycles. The normalized spacial score (nSPS) is 27.7. The monoisotopic (exact) mass is 212 g/mol. The van der Waals surface area contributed by atoms with E-state index in [1.807, 2.05) is 6.92 Å². The Bertz CT molecular complexity index is 206. The van der Waals surface area contributed by atoms with E-state index in [0.29, 0.717) is 12.3 Å². The SMILES string of the molecule is CCC(N)CC(=O)NCC1CCC(C)C1. The third kappa shape index (κ3) is 4.65. The van der Waals surface area contributed by atoms with Crippen LogP contribution in [-0.4, -0.2) is 18.5 Å². The summed E-state index contributed by atoms with van der Waals surface area (Å²) in [5.74, 6) is 1.65.